The Bertz CT molecular complexity index is 1260. The lowest BCUT2D eigenvalue weighted by molar-refractivity contribution is 1.19. The fourth-order valence-corrected chi connectivity index (χ4v) is 2.82. The van der Waals surface area contributed by atoms with E-state index in [0.29, 0.717) is 33.9 Å². The Morgan fingerprint density at radius 1 is 1.04 bits per heavy atom. The summed E-state index contributed by atoms with van der Waals surface area (Å²) in [6.07, 6.45) is 1.69. The second-order valence-corrected chi connectivity index (χ2v) is 5.85. The van der Waals surface area contributed by atoms with Gasteiger partial charge in [-0.15, -0.1) is 0 Å². The van der Waals surface area contributed by atoms with Crippen LogP contribution in [0.5, 0.6) is 0 Å². The van der Waals surface area contributed by atoms with Crippen molar-refractivity contribution in [2.24, 2.45) is 0 Å². The minimum absolute atomic E-state index is 0.248. The minimum atomic E-state index is -0.248. The third-order valence-corrected chi connectivity index (χ3v) is 4.11. The maximum atomic E-state index is 11.7. The van der Waals surface area contributed by atoms with Crippen molar-refractivity contribution in [2.75, 3.05) is 12.4 Å². The molecule has 27 heavy (non-hydrogen) atoms. The molecule has 0 unspecified atom stereocenters. The summed E-state index contributed by atoms with van der Waals surface area (Å²) in [5, 5.41) is 12.2. The highest BCUT2D eigenvalue weighted by atomic mass is 16.1. The van der Waals surface area contributed by atoms with Gasteiger partial charge >= 0.3 is 0 Å². The van der Waals surface area contributed by atoms with Crippen LogP contribution in [0, 0.1) is 11.3 Å². The van der Waals surface area contributed by atoms with Crippen LogP contribution in [0.1, 0.15) is 5.56 Å². The van der Waals surface area contributed by atoms with E-state index >= 15 is 0 Å². The molecule has 7 heteroatoms. The molecule has 4 aromatic rings. The summed E-state index contributed by atoms with van der Waals surface area (Å²) in [5.41, 5.74) is 4.03. The van der Waals surface area contributed by atoms with Gasteiger partial charge in [0.1, 0.15) is 11.3 Å². The van der Waals surface area contributed by atoms with Gasteiger partial charge in [-0.05, 0) is 30.3 Å². The van der Waals surface area contributed by atoms with Gasteiger partial charge in [0, 0.05) is 30.4 Å². The first-order chi connectivity index (χ1) is 13.2. The van der Waals surface area contributed by atoms with Crippen molar-refractivity contribution in [1.82, 2.24) is 19.9 Å². The molecule has 0 saturated heterocycles. The Morgan fingerprint density at radius 2 is 1.85 bits per heavy atom. The van der Waals surface area contributed by atoms with Crippen molar-refractivity contribution >= 4 is 17.0 Å². The number of aromatic nitrogens is 4. The van der Waals surface area contributed by atoms with Crippen LogP contribution in [0.4, 0.5) is 5.82 Å². The summed E-state index contributed by atoms with van der Waals surface area (Å²) in [4.78, 5) is 28.0. The van der Waals surface area contributed by atoms with E-state index in [0.717, 1.165) is 11.1 Å². The minimum Gasteiger partial charge on any atom is -0.373 e. The smallest absolute Gasteiger partial charge is 0.249 e. The largest absolute Gasteiger partial charge is 0.373 e. The number of aromatic amines is 1. The van der Waals surface area contributed by atoms with E-state index in [-0.39, 0.29) is 5.56 Å². The number of pyridine rings is 2. The molecule has 3 aromatic heterocycles. The predicted molar refractivity (Wildman–Crippen MR) is 103 cm³/mol. The summed E-state index contributed by atoms with van der Waals surface area (Å²) in [7, 11) is 1.79. The zero-order valence-corrected chi connectivity index (χ0v) is 14.4. The molecule has 0 spiro atoms. The lowest BCUT2D eigenvalue weighted by atomic mass is 10.0. The average Bonchev–Trinajstić information content (AvgIpc) is 2.72. The Hall–Kier alpha value is -4.05. The van der Waals surface area contributed by atoms with Gasteiger partial charge in [-0.1, -0.05) is 12.1 Å². The molecule has 4 rings (SSSR count). The van der Waals surface area contributed by atoms with Crippen LogP contribution in [0.15, 0.2) is 59.5 Å². The van der Waals surface area contributed by atoms with Crippen LogP contribution in [-0.2, 0) is 0 Å². The van der Waals surface area contributed by atoms with Gasteiger partial charge in [-0.3, -0.25) is 4.79 Å². The topological polar surface area (TPSA) is 107 Å². The van der Waals surface area contributed by atoms with E-state index in [1.54, 1.807) is 37.5 Å². The fourth-order valence-electron chi connectivity index (χ4n) is 2.82. The van der Waals surface area contributed by atoms with Gasteiger partial charge in [-0.25, -0.2) is 15.0 Å². The third-order valence-electron chi connectivity index (χ3n) is 4.11. The number of nitriles is 1. The summed E-state index contributed by atoms with van der Waals surface area (Å²) in [6, 6.07) is 16.0. The molecule has 2 N–H and O–H groups in total. The second-order valence-electron chi connectivity index (χ2n) is 5.85. The average molecular weight is 354 g/mol. The number of hydrogen-bond donors (Lipinski definition) is 2. The first-order valence-corrected chi connectivity index (χ1v) is 8.24. The van der Waals surface area contributed by atoms with Crippen molar-refractivity contribution in [3.8, 4) is 28.6 Å². The van der Waals surface area contributed by atoms with E-state index in [4.69, 9.17) is 4.98 Å². The number of nitrogens with zero attached hydrogens (tertiary/aromatic N) is 4. The second kappa shape index (κ2) is 6.69. The Kier molecular flexibility index (Phi) is 4.07. The van der Waals surface area contributed by atoms with E-state index in [1.165, 1.54) is 6.07 Å². The number of fused-ring (bicyclic) bond motifs is 1. The molecule has 0 saturated carbocycles. The third kappa shape index (κ3) is 3.12. The molecule has 3 heterocycles. The Labute approximate surface area is 154 Å². The van der Waals surface area contributed by atoms with Crippen LogP contribution in [0.2, 0.25) is 0 Å². The number of anilines is 1. The van der Waals surface area contributed by atoms with E-state index < -0.39 is 0 Å². The predicted octanol–water partition coefficient (Wildman–Crippen LogP) is 2.96. The van der Waals surface area contributed by atoms with Crippen molar-refractivity contribution in [1.29, 1.82) is 5.26 Å². The fraction of sp³-hybridized carbons (Fsp3) is 0.0500. The molecular formula is C20H14N6O. The van der Waals surface area contributed by atoms with Crippen LogP contribution in [0.3, 0.4) is 0 Å². The number of nitrogens with one attached hydrogen (secondary N) is 2. The van der Waals surface area contributed by atoms with Crippen molar-refractivity contribution < 1.29 is 0 Å². The van der Waals surface area contributed by atoms with Gasteiger partial charge in [0.05, 0.1) is 23.0 Å². The van der Waals surface area contributed by atoms with Gasteiger partial charge in [0.25, 0.3) is 0 Å². The quantitative estimate of drug-likeness (QED) is 0.586. The van der Waals surface area contributed by atoms with Gasteiger partial charge < -0.3 is 10.3 Å². The number of hydrogen-bond acceptors (Lipinski definition) is 6. The Morgan fingerprint density at radius 3 is 2.67 bits per heavy atom. The molecular weight excluding hydrogens is 340 g/mol. The molecule has 0 amide bonds. The number of rotatable bonds is 3. The molecule has 0 aliphatic heterocycles. The van der Waals surface area contributed by atoms with Crippen LogP contribution >= 0.6 is 0 Å². The molecule has 130 valence electrons. The SMILES string of the molecule is CNc1cc(-c2nc3ccc(=O)[nH]c3nc2-c2cccc(C#N)c2)ccn1. The highest BCUT2D eigenvalue weighted by molar-refractivity contribution is 5.85. The van der Waals surface area contributed by atoms with E-state index in [9.17, 15) is 10.1 Å². The maximum Gasteiger partial charge on any atom is 0.249 e. The monoisotopic (exact) mass is 354 g/mol. The standard InChI is InChI=1S/C20H14N6O/c1-22-16-10-14(7-8-23-16)18-19(13-4-2-3-12(9-13)11-21)26-20-15(24-18)5-6-17(27)25-20/h2-10H,1H3,(H,22,23)(H,25,26,27). The number of benzene rings is 1. The molecule has 0 atom stereocenters. The normalized spacial score (nSPS) is 10.5. The molecule has 0 fully saturated rings. The van der Waals surface area contributed by atoms with Gasteiger partial charge in [0.15, 0.2) is 5.65 Å². The molecule has 1 aromatic carbocycles. The summed E-state index contributed by atoms with van der Waals surface area (Å²) in [5.74, 6) is 0.701. The molecule has 0 aliphatic carbocycles. The summed E-state index contributed by atoms with van der Waals surface area (Å²) >= 11 is 0. The summed E-state index contributed by atoms with van der Waals surface area (Å²) < 4.78 is 0. The van der Waals surface area contributed by atoms with Crippen molar-refractivity contribution in [3.63, 3.8) is 0 Å². The van der Waals surface area contributed by atoms with Crippen LogP contribution in [-0.4, -0.2) is 27.0 Å². The van der Waals surface area contributed by atoms with E-state index in [1.807, 2.05) is 18.2 Å². The molecule has 7 nitrogen and oxygen atoms in total. The highest BCUT2D eigenvalue weighted by Gasteiger charge is 2.15. The first-order valence-electron chi connectivity index (χ1n) is 8.24. The van der Waals surface area contributed by atoms with Crippen molar-refractivity contribution in [2.45, 2.75) is 0 Å². The molecule has 0 aliphatic rings. The van der Waals surface area contributed by atoms with Gasteiger partial charge in [0.2, 0.25) is 5.56 Å². The van der Waals surface area contributed by atoms with E-state index in [2.05, 4.69) is 26.3 Å². The van der Waals surface area contributed by atoms with Gasteiger partial charge in [-0.2, -0.15) is 5.26 Å². The lowest BCUT2D eigenvalue weighted by Gasteiger charge is -2.11. The first kappa shape index (κ1) is 16.4. The molecule has 0 radical (unpaired) electrons. The van der Waals surface area contributed by atoms with Crippen LogP contribution < -0.4 is 10.9 Å². The number of H-pyrrole nitrogens is 1. The highest BCUT2D eigenvalue weighted by Crippen LogP contribution is 2.31. The maximum absolute atomic E-state index is 11.7. The molecule has 0 bridgehead atoms. The van der Waals surface area contributed by atoms with Crippen molar-refractivity contribution in [3.05, 3.63) is 70.6 Å². The zero-order valence-electron chi connectivity index (χ0n) is 14.4. The summed E-state index contributed by atoms with van der Waals surface area (Å²) in [6.45, 7) is 0. The Balaban J connectivity index is 2.04. The zero-order chi connectivity index (χ0) is 18.8. The lowest BCUT2D eigenvalue weighted by Crippen LogP contribution is -2.06. The van der Waals surface area contributed by atoms with Crippen LogP contribution in [0.25, 0.3) is 33.7 Å².